The van der Waals surface area contributed by atoms with E-state index in [1.807, 2.05) is 6.08 Å². The zero-order valence-electron chi connectivity index (χ0n) is 5.30. The predicted octanol–water partition coefficient (Wildman–Crippen LogP) is 1.96. The summed E-state index contributed by atoms with van der Waals surface area (Å²) < 4.78 is 0.514. The minimum absolute atomic E-state index is 0.271. The van der Waals surface area contributed by atoms with Gasteiger partial charge in [0.05, 0.1) is 0 Å². The first-order valence-electron chi connectivity index (χ1n) is 3.05. The largest absolute Gasteiger partial charge is 0.295 e. The molecule has 1 aliphatic rings. The van der Waals surface area contributed by atoms with E-state index in [-0.39, 0.29) is 5.78 Å². The van der Waals surface area contributed by atoms with Gasteiger partial charge in [0.15, 0.2) is 5.78 Å². The number of alkyl halides is 1. The van der Waals surface area contributed by atoms with Crippen LogP contribution in [0.5, 0.6) is 0 Å². The quantitative estimate of drug-likeness (QED) is 0.464. The fourth-order valence-corrected chi connectivity index (χ4v) is 1.50. The van der Waals surface area contributed by atoms with Gasteiger partial charge in [-0.1, -0.05) is 35.6 Å². The summed E-state index contributed by atoms with van der Waals surface area (Å²) in [6.07, 6.45) is 4.40. The van der Waals surface area contributed by atoms with Gasteiger partial charge in [-0.3, -0.25) is 4.79 Å². The highest BCUT2D eigenvalue weighted by atomic mass is 127. The standard InChI is InChI=1S/C7H9IO/c1-5-2-3-6(9)4-7(5)8/h2-3,5,7H,4H2,1H3. The zero-order chi connectivity index (χ0) is 6.85. The molecule has 2 atom stereocenters. The number of carbonyl (C=O) groups is 1. The lowest BCUT2D eigenvalue weighted by molar-refractivity contribution is -0.114. The topological polar surface area (TPSA) is 17.1 Å². The van der Waals surface area contributed by atoms with E-state index in [1.54, 1.807) is 6.08 Å². The Morgan fingerprint density at radius 1 is 1.78 bits per heavy atom. The van der Waals surface area contributed by atoms with Gasteiger partial charge in [0.1, 0.15) is 0 Å². The maximum absolute atomic E-state index is 10.7. The van der Waals surface area contributed by atoms with Crippen molar-refractivity contribution >= 4 is 28.4 Å². The zero-order valence-corrected chi connectivity index (χ0v) is 7.46. The molecule has 0 N–H and O–H groups in total. The lowest BCUT2D eigenvalue weighted by Gasteiger charge is -2.16. The molecule has 1 nitrogen and oxygen atoms in total. The molecule has 0 aromatic carbocycles. The van der Waals surface area contributed by atoms with E-state index in [0.29, 0.717) is 9.84 Å². The van der Waals surface area contributed by atoms with Crippen LogP contribution in [0.15, 0.2) is 12.2 Å². The average Bonchev–Trinajstić information content (AvgIpc) is 1.80. The molecule has 1 aliphatic carbocycles. The van der Waals surface area contributed by atoms with Crippen molar-refractivity contribution in [2.75, 3.05) is 0 Å². The summed E-state index contributed by atoms with van der Waals surface area (Å²) in [6.45, 7) is 2.14. The molecule has 2 unspecified atom stereocenters. The molecule has 1 rings (SSSR count). The van der Waals surface area contributed by atoms with Crippen molar-refractivity contribution in [1.82, 2.24) is 0 Å². The Kier molecular flexibility index (Phi) is 2.27. The molecule has 0 bridgehead atoms. The highest BCUT2D eigenvalue weighted by molar-refractivity contribution is 14.1. The molecule has 0 saturated heterocycles. The molecule has 0 fully saturated rings. The third-order valence-corrected chi connectivity index (χ3v) is 3.13. The maximum Gasteiger partial charge on any atom is 0.156 e. The fraction of sp³-hybridized carbons (Fsp3) is 0.571. The number of hydrogen-bond acceptors (Lipinski definition) is 1. The van der Waals surface area contributed by atoms with Crippen molar-refractivity contribution in [3.05, 3.63) is 12.2 Å². The van der Waals surface area contributed by atoms with E-state index < -0.39 is 0 Å². The van der Waals surface area contributed by atoms with Crippen LogP contribution in [0, 0.1) is 5.92 Å². The van der Waals surface area contributed by atoms with Crippen LogP contribution in [0.3, 0.4) is 0 Å². The Balaban J connectivity index is 2.65. The smallest absolute Gasteiger partial charge is 0.156 e. The van der Waals surface area contributed by atoms with Gasteiger partial charge in [0.2, 0.25) is 0 Å². The number of allylic oxidation sites excluding steroid dienone is 2. The van der Waals surface area contributed by atoms with Crippen molar-refractivity contribution in [3.63, 3.8) is 0 Å². The van der Waals surface area contributed by atoms with Gasteiger partial charge in [-0.05, 0) is 12.0 Å². The molecule has 0 radical (unpaired) electrons. The second-order valence-corrected chi connectivity index (χ2v) is 4.00. The molecule has 9 heavy (non-hydrogen) atoms. The molecule has 0 aromatic rings. The van der Waals surface area contributed by atoms with Crippen LogP contribution in [0.1, 0.15) is 13.3 Å². The number of carbonyl (C=O) groups excluding carboxylic acids is 1. The third-order valence-electron chi connectivity index (χ3n) is 1.55. The normalized spacial score (nSPS) is 35.1. The SMILES string of the molecule is CC1C=CC(=O)CC1I. The van der Waals surface area contributed by atoms with Crippen molar-refractivity contribution in [2.45, 2.75) is 17.3 Å². The van der Waals surface area contributed by atoms with Crippen molar-refractivity contribution in [1.29, 1.82) is 0 Å². The molecule has 0 heterocycles. The molecule has 0 aliphatic heterocycles. The first-order valence-corrected chi connectivity index (χ1v) is 4.30. The Morgan fingerprint density at radius 3 is 2.89 bits per heavy atom. The van der Waals surface area contributed by atoms with Gasteiger partial charge in [-0.25, -0.2) is 0 Å². The molecule has 0 aromatic heterocycles. The van der Waals surface area contributed by atoms with Crippen LogP contribution in [0.4, 0.5) is 0 Å². The van der Waals surface area contributed by atoms with Gasteiger partial charge in [0, 0.05) is 10.3 Å². The Labute approximate surface area is 68.7 Å². The maximum atomic E-state index is 10.7. The van der Waals surface area contributed by atoms with Crippen LogP contribution in [-0.2, 0) is 4.79 Å². The van der Waals surface area contributed by atoms with E-state index in [0.717, 1.165) is 6.42 Å². The minimum atomic E-state index is 0.271. The molecule has 50 valence electrons. The van der Waals surface area contributed by atoms with Gasteiger partial charge >= 0.3 is 0 Å². The lowest BCUT2D eigenvalue weighted by Crippen LogP contribution is -2.17. The molecule has 0 amide bonds. The van der Waals surface area contributed by atoms with Gasteiger partial charge < -0.3 is 0 Å². The summed E-state index contributed by atoms with van der Waals surface area (Å²) in [5, 5.41) is 0. The van der Waals surface area contributed by atoms with Crippen molar-refractivity contribution in [3.8, 4) is 0 Å². The van der Waals surface area contributed by atoms with Gasteiger partial charge in [-0.15, -0.1) is 0 Å². The predicted molar refractivity (Wildman–Crippen MR) is 45.7 cm³/mol. The minimum Gasteiger partial charge on any atom is -0.295 e. The second-order valence-electron chi connectivity index (χ2n) is 2.40. The highest BCUT2D eigenvalue weighted by Gasteiger charge is 2.18. The number of ketones is 1. The first kappa shape index (κ1) is 7.25. The Hall–Kier alpha value is 0.140. The van der Waals surface area contributed by atoms with E-state index >= 15 is 0 Å². The summed E-state index contributed by atoms with van der Waals surface area (Å²) in [5.74, 6) is 0.843. The summed E-state index contributed by atoms with van der Waals surface area (Å²) in [7, 11) is 0. The van der Waals surface area contributed by atoms with E-state index in [4.69, 9.17) is 0 Å². The van der Waals surface area contributed by atoms with Crippen LogP contribution in [-0.4, -0.2) is 9.71 Å². The summed E-state index contributed by atoms with van der Waals surface area (Å²) >= 11 is 2.33. The van der Waals surface area contributed by atoms with E-state index in [1.165, 1.54) is 0 Å². The summed E-state index contributed by atoms with van der Waals surface area (Å²) in [6, 6.07) is 0. The summed E-state index contributed by atoms with van der Waals surface area (Å²) in [4.78, 5) is 10.7. The first-order chi connectivity index (χ1) is 4.20. The molecule has 2 heteroatoms. The van der Waals surface area contributed by atoms with E-state index in [9.17, 15) is 4.79 Å². The number of hydrogen-bond donors (Lipinski definition) is 0. The summed E-state index contributed by atoms with van der Waals surface area (Å²) in [5.41, 5.74) is 0. The van der Waals surface area contributed by atoms with Crippen molar-refractivity contribution < 1.29 is 4.79 Å². The Morgan fingerprint density at radius 2 is 2.44 bits per heavy atom. The average molecular weight is 236 g/mol. The Bertz CT molecular complexity index is 151. The fourth-order valence-electron chi connectivity index (χ4n) is 0.826. The van der Waals surface area contributed by atoms with Crippen molar-refractivity contribution in [2.24, 2.45) is 5.92 Å². The van der Waals surface area contributed by atoms with Gasteiger partial charge in [0.25, 0.3) is 0 Å². The number of halogens is 1. The second kappa shape index (κ2) is 2.82. The highest BCUT2D eigenvalue weighted by Crippen LogP contribution is 2.22. The van der Waals surface area contributed by atoms with Crippen LogP contribution < -0.4 is 0 Å². The molecular formula is C7H9IO. The van der Waals surface area contributed by atoms with Crippen LogP contribution in [0.25, 0.3) is 0 Å². The third kappa shape index (κ3) is 1.78. The molecule has 0 saturated carbocycles. The molecular weight excluding hydrogens is 227 g/mol. The molecule has 0 spiro atoms. The lowest BCUT2D eigenvalue weighted by atomic mass is 9.97. The number of rotatable bonds is 0. The van der Waals surface area contributed by atoms with E-state index in [2.05, 4.69) is 29.5 Å². The van der Waals surface area contributed by atoms with Crippen LogP contribution in [0.2, 0.25) is 0 Å². The van der Waals surface area contributed by atoms with Crippen LogP contribution >= 0.6 is 22.6 Å². The van der Waals surface area contributed by atoms with Gasteiger partial charge in [-0.2, -0.15) is 0 Å². The monoisotopic (exact) mass is 236 g/mol.